The van der Waals surface area contributed by atoms with Crippen molar-refractivity contribution in [1.29, 1.82) is 0 Å². The standard InChI is InChI=1S/C18H42O5Si4/c1-17(2)18(19)20-15-13-12-14-16-27(21-24(3,4)5,22-25(6,7)8)23-26(9,10)11/h1,12-16H2,2-11H3. The average molecular weight is 451 g/mol. The summed E-state index contributed by atoms with van der Waals surface area (Å²) in [4.78, 5) is 11.4. The van der Waals surface area contributed by atoms with E-state index in [0.29, 0.717) is 12.2 Å². The molecule has 0 aromatic carbocycles. The van der Waals surface area contributed by atoms with Crippen molar-refractivity contribution >= 4 is 39.7 Å². The second-order valence-corrected chi connectivity index (χ2v) is 27.0. The van der Waals surface area contributed by atoms with Gasteiger partial charge in [0.1, 0.15) is 0 Å². The zero-order valence-corrected chi connectivity index (χ0v) is 23.3. The van der Waals surface area contributed by atoms with Gasteiger partial charge in [-0.1, -0.05) is 13.0 Å². The molecule has 0 heterocycles. The molecule has 0 N–H and O–H groups in total. The Bertz CT molecular complexity index is 449. The highest BCUT2D eigenvalue weighted by atomic mass is 28.5. The summed E-state index contributed by atoms with van der Waals surface area (Å²) < 4.78 is 25.2. The van der Waals surface area contributed by atoms with E-state index in [-0.39, 0.29) is 5.97 Å². The van der Waals surface area contributed by atoms with E-state index in [1.165, 1.54) is 0 Å². The lowest BCUT2D eigenvalue weighted by atomic mass is 10.3. The van der Waals surface area contributed by atoms with E-state index in [2.05, 4.69) is 65.5 Å². The Morgan fingerprint density at radius 3 is 1.48 bits per heavy atom. The van der Waals surface area contributed by atoms with E-state index in [0.717, 1.165) is 25.3 Å². The van der Waals surface area contributed by atoms with Crippen molar-refractivity contribution in [3.63, 3.8) is 0 Å². The highest BCUT2D eigenvalue weighted by Gasteiger charge is 2.49. The number of ether oxygens (including phenoxy) is 1. The summed E-state index contributed by atoms with van der Waals surface area (Å²) in [5.74, 6) is -0.315. The SMILES string of the molecule is C=C(C)C(=O)OCCCCC[Si](O[Si](C)(C)C)(O[Si](C)(C)C)O[Si](C)(C)C. The van der Waals surface area contributed by atoms with Crippen molar-refractivity contribution < 1.29 is 21.9 Å². The van der Waals surface area contributed by atoms with E-state index in [1.54, 1.807) is 6.92 Å². The molecule has 0 spiro atoms. The highest BCUT2D eigenvalue weighted by Crippen LogP contribution is 2.30. The summed E-state index contributed by atoms with van der Waals surface area (Å²) in [6.45, 7) is 25.5. The molecule has 27 heavy (non-hydrogen) atoms. The van der Waals surface area contributed by atoms with Gasteiger partial charge in [0.25, 0.3) is 0 Å². The van der Waals surface area contributed by atoms with Crippen LogP contribution in [0.1, 0.15) is 26.2 Å². The quantitative estimate of drug-likeness (QED) is 0.154. The molecule has 0 amide bonds. The third kappa shape index (κ3) is 14.6. The molecule has 0 saturated heterocycles. The molecule has 0 bridgehead atoms. The van der Waals surface area contributed by atoms with Crippen LogP contribution in [0.5, 0.6) is 0 Å². The van der Waals surface area contributed by atoms with Crippen LogP contribution in [0.2, 0.25) is 65.0 Å². The molecule has 0 radical (unpaired) electrons. The van der Waals surface area contributed by atoms with Gasteiger partial charge in [-0.25, -0.2) is 4.79 Å². The third-order valence-corrected chi connectivity index (χ3v) is 15.1. The highest BCUT2D eigenvalue weighted by molar-refractivity contribution is 6.90. The number of carbonyl (C=O) groups is 1. The van der Waals surface area contributed by atoms with Crippen LogP contribution in [0.3, 0.4) is 0 Å². The van der Waals surface area contributed by atoms with Gasteiger partial charge < -0.3 is 17.1 Å². The van der Waals surface area contributed by atoms with Gasteiger partial charge in [0.2, 0.25) is 0 Å². The van der Waals surface area contributed by atoms with Gasteiger partial charge in [-0.15, -0.1) is 0 Å². The van der Waals surface area contributed by atoms with Crippen LogP contribution in [0, 0.1) is 0 Å². The molecule has 0 aliphatic carbocycles. The Morgan fingerprint density at radius 1 is 0.741 bits per heavy atom. The molecule has 0 fully saturated rings. The first-order valence-corrected chi connectivity index (χ1v) is 22.0. The minimum absolute atomic E-state index is 0.315. The summed E-state index contributed by atoms with van der Waals surface area (Å²) in [5, 5.41) is 0. The Hall–Kier alpha value is -0.0425. The molecule has 5 nitrogen and oxygen atoms in total. The maximum Gasteiger partial charge on any atom is 0.469 e. The Morgan fingerprint density at radius 2 is 1.15 bits per heavy atom. The lowest BCUT2D eigenvalue weighted by Gasteiger charge is -2.43. The first kappa shape index (κ1) is 27.0. The van der Waals surface area contributed by atoms with E-state index in [4.69, 9.17) is 17.1 Å². The lowest BCUT2D eigenvalue weighted by Crippen LogP contribution is -2.60. The summed E-state index contributed by atoms with van der Waals surface area (Å²) in [5.41, 5.74) is 0.442. The molecule has 0 aromatic rings. The lowest BCUT2D eigenvalue weighted by molar-refractivity contribution is -0.139. The largest absolute Gasteiger partial charge is 0.469 e. The van der Waals surface area contributed by atoms with Crippen LogP contribution in [0.25, 0.3) is 0 Å². The van der Waals surface area contributed by atoms with E-state index in [9.17, 15) is 4.79 Å². The third-order valence-electron chi connectivity index (χ3n) is 3.09. The zero-order chi connectivity index (χ0) is 21.5. The fourth-order valence-electron chi connectivity index (χ4n) is 2.52. The Kier molecular flexibility index (Phi) is 10.6. The summed E-state index contributed by atoms with van der Waals surface area (Å²) >= 11 is 0. The summed E-state index contributed by atoms with van der Waals surface area (Å²) in [6, 6.07) is 0.834. The first-order chi connectivity index (χ1) is 11.9. The molecule has 0 aromatic heterocycles. The summed E-state index contributed by atoms with van der Waals surface area (Å²) in [7, 11) is -8.19. The molecule has 0 unspecified atom stereocenters. The van der Waals surface area contributed by atoms with Gasteiger partial charge in [0, 0.05) is 11.6 Å². The van der Waals surface area contributed by atoms with Crippen molar-refractivity contribution in [3.8, 4) is 0 Å². The normalized spacial score (nSPS) is 13.6. The maximum absolute atomic E-state index is 11.4. The second-order valence-electron chi connectivity index (χ2n) is 10.1. The average Bonchev–Trinajstić information content (AvgIpc) is 2.35. The van der Waals surface area contributed by atoms with Crippen LogP contribution in [0.15, 0.2) is 12.2 Å². The van der Waals surface area contributed by atoms with Gasteiger partial charge in [-0.2, -0.15) is 0 Å². The fourth-order valence-corrected chi connectivity index (χ4v) is 17.3. The predicted octanol–water partition coefficient (Wildman–Crippen LogP) is 5.77. The number of hydrogen-bond acceptors (Lipinski definition) is 5. The van der Waals surface area contributed by atoms with E-state index in [1.807, 2.05) is 0 Å². The minimum atomic E-state index is -2.74. The molecule has 160 valence electrons. The summed E-state index contributed by atoms with van der Waals surface area (Å²) in [6.07, 6.45) is 2.74. The van der Waals surface area contributed by atoms with Crippen LogP contribution in [-0.4, -0.2) is 46.3 Å². The molecular weight excluding hydrogens is 409 g/mol. The maximum atomic E-state index is 11.4. The Labute approximate surface area is 171 Å². The number of rotatable bonds is 13. The fraction of sp³-hybridized carbons (Fsp3) is 0.833. The zero-order valence-electron chi connectivity index (χ0n) is 19.3. The monoisotopic (exact) mass is 450 g/mol. The number of esters is 1. The van der Waals surface area contributed by atoms with Gasteiger partial charge in [0.15, 0.2) is 25.0 Å². The molecule has 0 rings (SSSR count). The van der Waals surface area contributed by atoms with Crippen molar-refractivity contribution in [2.45, 2.75) is 91.2 Å². The van der Waals surface area contributed by atoms with Crippen LogP contribution >= 0.6 is 0 Å². The molecule has 0 saturated carbocycles. The van der Waals surface area contributed by atoms with Gasteiger partial charge in [0.05, 0.1) is 6.61 Å². The van der Waals surface area contributed by atoms with Crippen LogP contribution in [-0.2, 0) is 21.9 Å². The molecule has 9 heteroatoms. The molecule has 0 atom stereocenters. The first-order valence-electron chi connectivity index (χ1n) is 9.88. The van der Waals surface area contributed by atoms with Gasteiger partial charge in [-0.05, 0) is 78.7 Å². The van der Waals surface area contributed by atoms with Gasteiger partial charge >= 0.3 is 14.8 Å². The van der Waals surface area contributed by atoms with Gasteiger partial charge in [-0.3, -0.25) is 0 Å². The molecule has 0 aliphatic rings. The predicted molar refractivity (Wildman–Crippen MR) is 123 cm³/mol. The second kappa shape index (κ2) is 10.7. The van der Waals surface area contributed by atoms with Crippen molar-refractivity contribution in [2.24, 2.45) is 0 Å². The van der Waals surface area contributed by atoms with Crippen molar-refractivity contribution in [1.82, 2.24) is 0 Å². The van der Waals surface area contributed by atoms with E-state index < -0.39 is 33.8 Å². The topological polar surface area (TPSA) is 54.0 Å². The van der Waals surface area contributed by atoms with Crippen LogP contribution in [0.4, 0.5) is 0 Å². The smallest absolute Gasteiger partial charge is 0.462 e. The Balaban J connectivity index is 5.00. The van der Waals surface area contributed by atoms with Crippen molar-refractivity contribution in [3.05, 3.63) is 12.2 Å². The molecular formula is C18H42O5Si4. The van der Waals surface area contributed by atoms with Crippen LogP contribution < -0.4 is 0 Å². The van der Waals surface area contributed by atoms with E-state index >= 15 is 0 Å². The molecule has 0 aliphatic heterocycles. The number of hydrogen-bond donors (Lipinski definition) is 0. The number of unbranched alkanes of at least 4 members (excludes halogenated alkanes) is 2. The number of carbonyl (C=O) groups excluding carboxylic acids is 1. The van der Waals surface area contributed by atoms with Crippen molar-refractivity contribution in [2.75, 3.05) is 6.61 Å². The minimum Gasteiger partial charge on any atom is -0.462 e.